The average molecular weight is 446 g/mol. The van der Waals surface area contributed by atoms with Gasteiger partial charge in [0.2, 0.25) is 5.72 Å². The van der Waals surface area contributed by atoms with Crippen LogP contribution in [0.3, 0.4) is 0 Å². The Hall–Kier alpha value is -3.75. The first-order valence-corrected chi connectivity index (χ1v) is 11.3. The van der Waals surface area contributed by atoms with Crippen LogP contribution >= 0.6 is 0 Å². The Morgan fingerprint density at radius 3 is 2.22 bits per heavy atom. The Bertz CT molecular complexity index is 1400. The van der Waals surface area contributed by atoms with Gasteiger partial charge in [0.05, 0.1) is 16.7 Å². The number of aryl methyl sites for hydroxylation is 1. The van der Waals surface area contributed by atoms with Crippen LogP contribution in [0.4, 0.5) is 0 Å². The highest BCUT2D eigenvalue weighted by Crippen LogP contribution is 2.49. The SMILES string of the molecule is Cc1ccc(S(=O)(=O)N2C=C(C(=O)c3ccccc3)[C@@]3(O)c4ccccc4C(=O)N23)cc1. The molecule has 0 radical (unpaired) electrons. The number of hydrogen-bond donors (Lipinski definition) is 1. The molecular weight excluding hydrogens is 428 g/mol. The Kier molecular flexibility index (Phi) is 4.34. The van der Waals surface area contributed by atoms with E-state index in [4.69, 9.17) is 0 Å². The second-order valence-electron chi connectivity index (χ2n) is 7.66. The highest BCUT2D eigenvalue weighted by Gasteiger charge is 2.61. The van der Waals surface area contributed by atoms with Gasteiger partial charge in [-0.05, 0) is 25.1 Å². The van der Waals surface area contributed by atoms with E-state index in [1.807, 2.05) is 6.92 Å². The molecule has 1 atom stereocenters. The summed E-state index contributed by atoms with van der Waals surface area (Å²) in [7, 11) is -4.30. The molecule has 0 saturated carbocycles. The van der Waals surface area contributed by atoms with Gasteiger partial charge >= 0.3 is 0 Å². The number of carbonyl (C=O) groups excluding carboxylic acids is 2. The Labute approximate surface area is 184 Å². The number of fused-ring (bicyclic) bond motifs is 3. The van der Waals surface area contributed by atoms with Crippen LogP contribution in [0.15, 0.2) is 95.5 Å². The number of benzene rings is 3. The van der Waals surface area contributed by atoms with E-state index in [0.29, 0.717) is 4.41 Å². The van der Waals surface area contributed by atoms with Gasteiger partial charge in [0.1, 0.15) is 0 Å². The van der Waals surface area contributed by atoms with Crippen molar-refractivity contribution in [3.8, 4) is 0 Å². The maximum Gasteiger partial charge on any atom is 0.281 e. The summed E-state index contributed by atoms with van der Waals surface area (Å²) < 4.78 is 27.7. The summed E-state index contributed by atoms with van der Waals surface area (Å²) in [5, 5.41) is 12.5. The first kappa shape index (κ1) is 20.2. The van der Waals surface area contributed by atoms with Gasteiger partial charge in [0.25, 0.3) is 15.9 Å². The lowest BCUT2D eigenvalue weighted by Crippen LogP contribution is -2.50. The monoisotopic (exact) mass is 446 g/mol. The molecular formula is C24H18N2O5S. The van der Waals surface area contributed by atoms with Gasteiger partial charge in [0.15, 0.2) is 5.78 Å². The smallest absolute Gasteiger partial charge is 0.281 e. The van der Waals surface area contributed by atoms with E-state index in [2.05, 4.69) is 0 Å². The number of ketones is 1. The van der Waals surface area contributed by atoms with Gasteiger partial charge in [-0.1, -0.05) is 66.2 Å². The first-order valence-electron chi connectivity index (χ1n) is 9.86. The lowest BCUT2D eigenvalue weighted by atomic mass is 9.90. The molecule has 7 nitrogen and oxygen atoms in total. The topological polar surface area (TPSA) is 95.0 Å². The molecule has 0 aliphatic carbocycles. The zero-order chi connectivity index (χ0) is 22.7. The van der Waals surface area contributed by atoms with Crippen LogP contribution in [0.25, 0.3) is 0 Å². The summed E-state index contributed by atoms with van der Waals surface area (Å²) in [5.74, 6) is -1.30. The number of nitrogens with zero attached hydrogens (tertiary/aromatic N) is 2. The zero-order valence-corrected chi connectivity index (χ0v) is 17.8. The molecule has 1 amide bonds. The van der Waals surface area contributed by atoms with Crippen LogP contribution < -0.4 is 0 Å². The van der Waals surface area contributed by atoms with Crippen molar-refractivity contribution in [1.29, 1.82) is 0 Å². The van der Waals surface area contributed by atoms with Crippen molar-refractivity contribution in [2.75, 3.05) is 0 Å². The number of hydrazine groups is 1. The molecule has 0 unspecified atom stereocenters. The van der Waals surface area contributed by atoms with E-state index < -0.39 is 27.4 Å². The van der Waals surface area contributed by atoms with E-state index in [1.165, 1.54) is 24.3 Å². The number of carbonyl (C=O) groups is 2. The van der Waals surface area contributed by atoms with Crippen LogP contribution in [-0.4, -0.2) is 34.6 Å². The van der Waals surface area contributed by atoms with Crippen LogP contribution in [0.5, 0.6) is 0 Å². The van der Waals surface area contributed by atoms with Crippen molar-refractivity contribution in [1.82, 2.24) is 9.42 Å². The molecule has 2 aliphatic heterocycles. The quantitative estimate of drug-likeness (QED) is 0.622. The second-order valence-corrected chi connectivity index (χ2v) is 9.46. The maximum absolute atomic E-state index is 13.5. The third-order valence-electron chi connectivity index (χ3n) is 5.69. The normalized spacial score (nSPS) is 19.6. The van der Waals surface area contributed by atoms with Crippen LogP contribution in [0, 0.1) is 6.92 Å². The largest absolute Gasteiger partial charge is 0.362 e. The Morgan fingerprint density at radius 1 is 0.906 bits per heavy atom. The molecule has 8 heteroatoms. The number of Topliss-reactive ketones (excluding diaryl/α,β-unsaturated/α-hetero) is 1. The van der Waals surface area contributed by atoms with Crippen LogP contribution in [0.1, 0.15) is 31.8 Å². The molecule has 0 aromatic heterocycles. The van der Waals surface area contributed by atoms with Crippen LogP contribution in [0.2, 0.25) is 0 Å². The van der Waals surface area contributed by atoms with Crippen molar-refractivity contribution in [3.05, 3.63) is 113 Å². The Balaban J connectivity index is 1.73. The minimum Gasteiger partial charge on any atom is -0.362 e. The number of amides is 1. The lowest BCUT2D eigenvalue weighted by molar-refractivity contribution is -0.0880. The summed E-state index contributed by atoms with van der Waals surface area (Å²) >= 11 is 0. The van der Waals surface area contributed by atoms with E-state index in [9.17, 15) is 23.1 Å². The van der Waals surface area contributed by atoms with Gasteiger partial charge in [-0.15, -0.1) is 0 Å². The summed E-state index contributed by atoms with van der Waals surface area (Å²) in [6, 6.07) is 20.6. The summed E-state index contributed by atoms with van der Waals surface area (Å²) in [5.41, 5.74) is -1.07. The molecule has 0 fully saturated rings. The van der Waals surface area contributed by atoms with Crippen molar-refractivity contribution >= 4 is 21.7 Å². The third kappa shape index (κ3) is 2.66. The third-order valence-corrected chi connectivity index (χ3v) is 7.32. The van der Waals surface area contributed by atoms with E-state index >= 15 is 0 Å². The molecule has 3 aromatic rings. The van der Waals surface area contributed by atoms with Crippen molar-refractivity contribution in [2.24, 2.45) is 0 Å². The maximum atomic E-state index is 13.5. The first-order chi connectivity index (χ1) is 15.3. The molecule has 1 N–H and O–H groups in total. The highest BCUT2D eigenvalue weighted by atomic mass is 32.2. The molecule has 32 heavy (non-hydrogen) atoms. The molecule has 0 spiro atoms. The van der Waals surface area contributed by atoms with Gasteiger partial charge in [0, 0.05) is 16.7 Å². The number of hydrogen-bond acceptors (Lipinski definition) is 5. The van der Waals surface area contributed by atoms with Crippen molar-refractivity contribution < 1.29 is 23.1 Å². The lowest BCUT2D eigenvalue weighted by Gasteiger charge is -2.33. The fourth-order valence-corrected chi connectivity index (χ4v) is 5.40. The predicted octanol–water partition coefficient (Wildman–Crippen LogP) is 2.98. The molecule has 2 heterocycles. The van der Waals surface area contributed by atoms with E-state index in [1.54, 1.807) is 54.6 Å². The van der Waals surface area contributed by atoms with Gasteiger partial charge in [-0.3, -0.25) is 9.59 Å². The standard InChI is InChI=1S/C24H18N2O5S/c1-16-11-13-18(14-12-16)32(30,31)25-15-21(22(27)17-7-3-2-4-8-17)24(29)20-10-6-5-9-19(20)23(28)26(24)25/h2-15,29H,1H3/t24-/m0/s1. The number of sulfonamides is 1. The number of aliphatic hydroxyl groups is 1. The predicted molar refractivity (Wildman–Crippen MR) is 116 cm³/mol. The summed E-state index contributed by atoms with van der Waals surface area (Å²) in [6.45, 7) is 1.82. The molecule has 160 valence electrons. The number of rotatable bonds is 4. The summed E-state index contributed by atoms with van der Waals surface area (Å²) in [4.78, 5) is 26.6. The van der Waals surface area contributed by atoms with Gasteiger partial charge in [-0.25, -0.2) is 0 Å². The van der Waals surface area contributed by atoms with E-state index in [0.717, 1.165) is 16.8 Å². The Morgan fingerprint density at radius 2 is 1.53 bits per heavy atom. The minimum absolute atomic E-state index is 0.0705. The summed E-state index contributed by atoms with van der Waals surface area (Å²) in [6.07, 6.45) is 1.04. The van der Waals surface area contributed by atoms with Crippen molar-refractivity contribution in [3.63, 3.8) is 0 Å². The van der Waals surface area contributed by atoms with Crippen LogP contribution in [-0.2, 0) is 15.7 Å². The second kappa shape index (κ2) is 6.88. The van der Waals surface area contributed by atoms with E-state index in [-0.39, 0.29) is 27.2 Å². The molecule has 2 aliphatic rings. The van der Waals surface area contributed by atoms with Crippen molar-refractivity contribution in [2.45, 2.75) is 17.5 Å². The molecule has 0 bridgehead atoms. The van der Waals surface area contributed by atoms with Gasteiger partial charge in [-0.2, -0.15) is 17.8 Å². The molecule has 5 rings (SSSR count). The fraction of sp³-hybridized carbons (Fsp3) is 0.0833. The average Bonchev–Trinajstić information content (AvgIpc) is 3.24. The minimum atomic E-state index is -4.30. The zero-order valence-electron chi connectivity index (χ0n) is 17.0. The highest BCUT2D eigenvalue weighted by molar-refractivity contribution is 7.89. The molecule has 3 aromatic carbocycles. The van der Waals surface area contributed by atoms with Gasteiger partial charge < -0.3 is 5.11 Å². The molecule has 0 saturated heterocycles. The fourth-order valence-electron chi connectivity index (χ4n) is 4.06.